The van der Waals surface area contributed by atoms with Crippen LogP contribution in [0.25, 0.3) is 0 Å². The van der Waals surface area contributed by atoms with Crippen molar-refractivity contribution in [2.75, 3.05) is 0 Å². The molecule has 0 spiro atoms. The normalized spacial score (nSPS) is 15.8. The third-order valence-electron chi connectivity index (χ3n) is 0. The Hall–Kier alpha value is 0.415. The minimum absolute atomic E-state index is 2.63. The second kappa shape index (κ2) is 1.71. The Morgan fingerprint density at radius 3 is 2.00 bits per heavy atom. The van der Waals surface area contributed by atoms with Gasteiger partial charge in [-0.25, -0.2) is 0 Å². The minimum atomic E-state index is -2.63. The average molecular weight is 75.8 g/mol. The zero-order chi connectivity index (χ0) is 3.58. The smallest absolute Gasteiger partial charge is 0.198 e. The first-order valence-electron chi connectivity index (χ1n) is 0.716. The standard InChI is InChI=1S/BH2O2P/c1-4(2)3/h2,4H/q-1. The number of hydrogen-bond donors (Lipinski definition) is 1. The maximum Gasteiger partial charge on any atom is -0.198 e. The van der Waals surface area contributed by atoms with Crippen molar-refractivity contribution in [1.82, 2.24) is 0 Å². The van der Waals surface area contributed by atoms with Crippen LogP contribution >= 0.6 is 8.25 Å². The van der Waals surface area contributed by atoms with E-state index in [2.05, 4.69) is 7.57 Å². The molecule has 23 valence electrons. The lowest BCUT2D eigenvalue weighted by molar-refractivity contribution is -0.169. The van der Waals surface area contributed by atoms with Crippen LogP contribution in [-0.2, 0) is 0 Å². The van der Waals surface area contributed by atoms with Crippen molar-refractivity contribution in [3.8, 4) is 0 Å². The van der Waals surface area contributed by atoms with E-state index in [1.165, 1.54) is 0 Å². The lowest BCUT2D eigenvalue weighted by atomic mass is 10.8. The summed E-state index contributed by atoms with van der Waals surface area (Å²) in [5, 5.41) is 0. The fourth-order valence-electron chi connectivity index (χ4n) is 0. The second-order valence-corrected chi connectivity index (χ2v) is 1.01. The number of hydrogen-bond acceptors (Lipinski definition) is 2. The summed E-state index contributed by atoms with van der Waals surface area (Å²) in [6, 6.07) is 0. The number of rotatable bonds is 0. The molecule has 1 N–H and O–H groups in total. The summed E-state index contributed by atoms with van der Waals surface area (Å²) in [6.45, 7) is 0. The van der Waals surface area contributed by atoms with Crippen molar-refractivity contribution in [3.05, 3.63) is 0 Å². The molecule has 1 unspecified atom stereocenters. The van der Waals surface area contributed by atoms with Gasteiger partial charge in [0.1, 0.15) is 0 Å². The monoisotopic (exact) mass is 76.0 g/mol. The van der Waals surface area contributed by atoms with Gasteiger partial charge in [-0.3, -0.25) is 7.57 Å². The van der Waals surface area contributed by atoms with E-state index in [0.29, 0.717) is 0 Å². The van der Waals surface area contributed by atoms with Crippen LogP contribution in [0.4, 0.5) is 0 Å². The summed E-state index contributed by atoms with van der Waals surface area (Å²) in [5.41, 5.74) is 0. The molecule has 0 saturated heterocycles. The first kappa shape index (κ1) is 4.41. The Morgan fingerprint density at radius 2 is 2.00 bits per heavy atom. The fourth-order valence-corrected chi connectivity index (χ4v) is 0. The van der Waals surface area contributed by atoms with Gasteiger partial charge in [0.25, 0.3) is 0 Å². The summed E-state index contributed by atoms with van der Waals surface area (Å²) < 4.78 is 0. The lowest BCUT2D eigenvalue weighted by Gasteiger charge is -2.06. The Morgan fingerprint density at radius 1 is 2.00 bits per heavy atom. The molecule has 0 saturated carbocycles. The SMILES string of the molecule is [B-][PH+]([O-])O. The molecule has 0 aromatic carbocycles. The Bertz CT molecular complexity index is 10.8. The molecule has 3 radical (unpaired) electrons. The topological polar surface area (TPSA) is 43.3 Å². The van der Waals surface area contributed by atoms with Crippen molar-refractivity contribution < 1.29 is 9.79 Å². The first-order chi connectivity index (χ1) is 1.73. The van der Waals surface area contributed by atoms with Crippen LogP contribution in [0, 0.1) is 0 Å². The molecular weight excluding hydrogens is 73.8 g/mol. The van der Waals surface area contributed by atoms with Crippen LogP contribution in [0.3, 0.4) is 0 Å². The molecule has 1 atom stereocenters. The lowest BCUT2D eigenvalue weighted by Crippen LogP contribution is -1.88. The van der Waals surface area contributed by atoms with E-state index in [9.17, 15) is 0 Å². The van der Waals surface area contributed by atoms with Gasteiger partial charge < -0.3 is 9.79 Å². The molecule has 2 nitrogen and oxygen atoms in total. The van der Waals surface area contributed by atoms with Gasteiger partial charge in [0.2, 0.25) is 0 Å². The highest BCUT2D eigenvalue weighted by molar-refractivity contribution is 7.71. The molecule has 0 fully saturated rings. The van der Waals surface area contributed by atoms with E-state index in [-0.39, 0.29) is 0 Å². The zero-order valence-corrected chi connectivity index (χ0v) is 2.93. The molecule has 0 aromatic heterocycles. The van der Waals surface area contributed by atoms with E-state index in [1.807, 2.05) is 0 Å². The van der Waals surface area contributed by atoms with Crippen LogP contribution in [0.2, 0.25) is 0 Å². The van der Waals surface area contributed by atoms with Crippen LogP contribution in [0.5, 0.6) is 0 Å². The molecule has 0 aliphatic heterocycles. The Kier molecular flexibility index (Phi) is 1.88. The molecular formula is H2BO2P-. The summed E-state index contributed by atoms with van der Waals surface area (Å²) in [6.07, 6.45) is 0. The summed E-state index contributed by atoms with van der Waals surface area (Å²) in [4.78, 5) is 16.3. The average Bonchev–Trinajstić information content (AvgIpc) is 0.811. The molecule has 0 bridgehead atoms. The van der Waals surface area contributed by atoms with Gasteiger partial charge in [-0.1, -0.05) is 0 Å². The van der Waals surface area contributed by atoms with E-state index in [4.69, 9.17) is 9.79 Å². The van der Waals surface area contributed by atoms with Crippen LogP contribution in [0.15, 0.2) is 0 Å². The van der Waals surface area contributed by atoms with Gasteiger partial charge in [-0.05, 0) is 0 Å². The van der Waals surface area contributed by atoms with Gasteiger partial charge in [0.05, 0.1) is 0 Å². The van der Waals surface area contributed by atoms with E-state index >= 15 is 0 Å². The van der Waals surface area contributed by atoms with Crippen LogP contribution in [-0.4, -0.2) is 12.5 Å². The molecule has 0 rings (SSSR count). The van der Waals surface area contributed by atoms with Crippen molar-refractivity contribution in [1.29, 1.82) is 0 Å². The fraction of sp³-hybridized carbons (Fsp3) is 0. The maximum atomic E-state index is 8.96. The van der Waals surface area contributed by atoms with Gasteiger partial charge in [-0.15, -0.1) is 0 Å². The largest absolute Gasteiger partial charge is 0.700 e. The van der Waals surface area contributed by atoms with Crippen LogP contribution < -0.4 is 4.89 Å². The molecule has 4 heteroatoms. The van der Waals surface area contributed by atoms with E-state index < -0.39 is 8.25 Å². The third kappa shape index (κ3) is 28.1. The molecule has 0 heterocycles. The van der Waals surface area contributed by atoms with Crippen molar-refractivity contribution >= 4 is 15.8 Å². The highest BCUT2D eigenvalue weighted by Gasteiger charge is 1.43. The highest BCUT2D eigenvalue weighted by Crippen LogP contribution is 2.02. The summed E-state index contributed by atoms with van der Waals surface area (Å²) in [5.74, 6) is 0. The first-order valence-corrected chi connectivity index (χ1v) is 2.15. The van der Waals surface area contributed by atoms with Crippen molar-refractivity contribution in [2.24, 2.45) is 0 Å². The second-order valence-electron chi connectivity index (χ2n) is 0.338. The quantitative estimate of drug-likeness (QED) is 0.281. The third-order valence-corrected chi connectivity index (χ3v) is 0. The Labute approximate surface area is 26.7 Å². The van der Waals surface area contributed by atoms with Gasteiger partial charge in [0.15, 0.2) is 0 Å². The van der Waals surface area contributed by atoms with Crippen molar-refractivity contribution in [3.63, 3.8) is 0 Å². The molecule has 0 aliphatic carbocycles. The maximum absolute atomic E-state index is 8.96. The minimum Gasteiger partial charge on any atom is -0.700 e. The van der Waals surface area contributed by atoms with E-state index in [1.54, 1.807) is 0 Å². The summed E-state index contributed by atoms with van der Waals surface area (Å²) in [7, 11) is 1.58. The molecule has 0 amide bonds. The summed E-state index contributed by atoms with van der Waals surface area (Å²) >= 11 is 0. The Balaban J connectivity index is 2.32. The van der Waals surface area contributed by atoms with Gasteiger partial charge in [0, 0.05) is 0 Å². The van der Waals surface area contributed by atoms with Gasteiger partial charge >= 0.3 is 0 Å². The zero-order valence-electron chi connectivity index (χ0n) is 1.93. The predicted octanol–water partition coefficient (Wildman–Crippen LogP) is -1.53. The molecule has 4 heavy (non-hydrogen) atoms. The van der Waals surface area contributed by atoms with E-state index in [0.717, 1.165) is 0 Å². The molecule has 0 aromatic rings. The van der Waals surface area contributed by atoms with Crippen molar-refractivity contribution in [2.45, 2.75) is 0 Å². The van der Waals surface area contributed by atoms with Gasteiger partial charge in [-0.2, -0.15) is 8.25 Å². The molecule has 0 aliphatic rings. The highest BCUT2D eigenvalue weighted by atomic mass is 31.2. The predicted molar refractivity (Wildman–Crippen MR) is 16.3 cm³/mol. The van der Waals surface area contributed by atoms with Crippen LogP contribution in [0.1, 0.15) is 0 Å².